The predicted molar refractivity (Wildman–Crippen MR) is 61.6 cm³/mol. The minimum atomic E-state index is -0.480. The van der Waals surface area contributed by atoms with Gasteiger partial charge in [0.1, 0.15) is 5.60 Å². The van der Waals surface area contributed by atoms with Gasteiger partial charge in [-0.2, -0.15) is 0 Å². The van der Waals surface area contributed by atoms with Gasteiger partial charge in [-0.15, -0.1) is 6.58 Å². The summed E-state index contributed by atoms with van der Waals surface area (Å²) in [7, 11) is 0. The lowest BCUT2D eigenvalue weighted by Gasteiger charge is -2.23. The first-order chi connectivity index (χ1) is 6.74. The minimum Gasteiger partial charge on any atom is -0.444 e. The van der Waals surface area contributed by atoms with Gasteiger partial charge in [0, 0.05) is 12.6 Å². The first kappa shape index (κ1) is 14.0. The number of rotatable bonds is 4. The number of nitrogens with two attached hydrogens (primary N) is 1. The van der Waals surface area contributed by atoms with Crippen LogP contribution < -0.4 is 11.1 Å². The molecule has 0 aliphatic carbocycles. The van der Waals surface area contributed by atoms with Crippen LogP contribution in [0.15, 0.2) is 12.2 Å². The van der Waals surface area contributed by atoms with Crippen molar-refractivity contribution in [1.82, 2.24) is 5.32 Å². The molecule has 88 valence electrons. The lowest BCUT2D eigenvalue weighted by Crippen LogP contribution is -2.43. The van der Waals surface area contributed by atoms with E-state index in [1.807, 2.05) is 27.7 Å². The van der Waals surface area contributed by atoms with Crippen LogP contribution in [0.25, 0.3) is 0 Å². The number of carbonyl (C=O) groups excluding carboxylic acids is 1. The lowest BCUT2D eigenvalue weighted by atomic mass is 10.1. The number of ether oxygens (including phenoxy) is 1. The fraction of sp³-hybridized carbons (Fsp3) is 0.727. The molecule has 0 heterocycles. The van der Waals surface area contributed by atoms with E-state index in [1.165, 1.54) is 0 Å². The Labute approximate surface area is 91.9 Å². The normalized spacial score (nSPS) is 13.1. The smallest absolute Gasteiger partial charge is 0.407 e. The van der Waals surface area contributed by atoms with Gasteiger partial charge in [-0.25, -0.2) is 4.79 Å². The lowest BCUT2D eigenvalue weighted by molar-refractivity contribution is 0.0506. The zero-order valence-corrected chi connectivity index (χ0v) is 10.1. The van der Waals surface area contributed by atoms with E-state index in [-0.39, 0.29) is 6.04 Å². The van der Waals surface area contributed by atoms with Crippen LogP contribution >= 0.6 is 0 Å². The molecule has 0 radical (unpaired) electrons. The Morgan fingerprint density at radius 2 is 2.07 bits per heavy atom. The predicted octanol–water partition coefficient (Wildman–Crippen LogP) is 1.80. The summed E-state index contributed by atoms with van der Waals surface area (Å²) in [6.45, 7) is 11.5. The highest BCUT2D eigenvalue weighted by Crippen LogP contribution is 2.08. The SMILES string of the molecule is C=C(C)CC(CN)NC(=O)OC(C)(C)C. The molecule has 3 N–H and O–H groups in total. The molecule has 0 fully saturated rings. The van der Waals surface area contributed by atoms with Gasteiger partial charge in [-0.05, 0) is 34.1 Å². The Kier molecular flexibility index (Phi) is 5.36. The number of amides is 1. The van der Waals surface area contributed by atoms with E-state index in [1.54, 1.807) is 0 Å². The van der Waals surface area contributed by atoms with E-state index in [9.17, 15) is 4.79 Å². The number of hydrogen-bond donors (Lipinski definition) is 2. The number of hydrogen-bond acceptors (Lipinski definition) is 3. The first-order valence-electron chi connectivity index (χ1n) is 5.08. The van der Waals surface area contributed by atoms with Crippen molar-refractivity contribution in [3.05, 3.63) is 12.2 Å². The second kappa shape index (κ2) is 5.75. The Morgan fingerprint density at radius 3 is 2.40 bits per heavy atom. The maximum absolute atomic E-state index is 11.4. The molecule has 0 saturated carbocycles. The van der Waals surface area contributed by atoms with Crippen LogP contribution in [0.4, 0.5) is 4.79 Å². The third-order valence-corrected chi connectivity index (χ3v) is 1.60. The van der Waals surface area contributed by atoms with Gasteiger partial charge in [0.25, 0.3) is 0 Å². The van der Waals surface area contributed by atoms with Crippen molar-refractivity contribution in [2.24, 2.45) is 5.73 Å². The van der Waals surface area contributed by atoms with Crippen molar-refractivity contribution in [1.29, 1.82) is 0 Å². The van der Waals surface area contributed by atoms with E-state index < -0.39 is 11.7 Å². The van der Waals surface area contributed by atoms with Crippen molar-refractivity contribution in [2.45, 2.75) is 45.8 Å². The van der Waals surface area contributed by atoms with Crippen LogP contribution in [-0.4, -0.2) is 24.3 Å². The van der Waals surface area contributed by atoms with Crippen LogP contribution in [0, 0.1) is 0 Å². The summed E-state index contributed by atoms with van der Waals surface area (Å²) < 4.78 is 5.12. The van der Waals surface area contributed by atoms with Crippen molar-refractivity contribution in [3.63, 3.8) is 0 Å². The molecule has 0 aromatic carbocycles. The number of carbonyl (C=O) groups is 1. The van der Waals surface area contributed by atoms with Crippen LogP contribution in [0.3, 0.4) is 0 Å². The second-order valence-electron chi connectivity index (χ2n) is 4.74. The standard InChI is InChI=1S/C11H22N2O2/c1-8(2)6-9(7-12)13-10(14)15-11(3,4)5/h9H,1,6-7,12H2,2-5H3,(H,13,14). The highest BCUT2D eigenvalue weighted by atomic mass is 16.6. The molecule has 0 spiro atoms. The van der Waals surface area contributed by atoms with Gasteiger partial charge in [0.15, 0.2) is 0 Å². The summed E-state index contributed by atoms with van der Waals surface area (Å²) in [5.41, 5.74) is 6.03. The summed E-state index contributed by atoms with van der Waals surface area (Å²) in [6.07, 6.45) is 0.245. The molecule has 0 saturated heterocycles. The van der Waals surface area contributed by atoms with E-state index in [4.69, 9.17) is 10.5 Å². The van der Waals surface area contributed by atoms with E-state index >= 15 is 0 Å². The summed E-state index contributed by atoms with van der Waals surface area (Å²) >= 11 is 0. The monoisotopic (exact) mass is 214 g/mol. The Balaban J connectivity index is 4.07. The third-order valence-electron chi connectivity index (χ3n) is 1.60. The van der Waals surface area contributed by atoms with Crippen LogP contribution in [-0.2, 0) is 4.74 Å². The minimum absolute atomic E-state index is 0.0997. The summed E-state index contributed by atoms with van der Waals surface area (Å²) in [5.74, 6) is 0. The Hall–Kier alpha value is -1.03. The largest absolute Gasteiger partial charge is 0.444 e. The molecule has 4 heteroatoms. The van der Waals surface area contributed by atoms with Crippen molar-refractivity contribution in [2.75, 3.05) is 6.54 Å². The molecule has 1 unspecified atom stereocenters. The first-order valence-corrected chi connectivity index (χ1v) is 5.08. The van der Waals surface area contributed by atoms with Crippen LogP contribution in [0.5, 0.6) is 0 Å². The molecule has 0 bridgehead atoms. The van der Waals surface area contributed by atoms with Gasteiger partial charge in [0.2, 0.25) is 0 Å². The summed E-state index contributed by atoms with van der Waals surface area (Å²) in [4.78, 5) is 11.4. The molecule has 1 amide bonds. The molecule has 0 aromatic heterocycles. The van der Waals surface area contributed by atoms with Gasteiger partial charge in [-0.1, -0.05) is 5.57 Å². The van der Waals surface area contributed by atoms with E-state index in [0.29, 0.717) is 13.0 Å². The number of nitrogens with one attached hydrogen (secondary N) is 1. The van der Waals surface area contributed by atoms with Crippen molar-refractivity contribution >= 4 is 6.09 Å². The quantitative estimate of drug-likeness (QED) is 0.701. The Bertz CT molecular complexity index is 231. The molecule has 0 aliphatic rings. The summed E-state index contributed by atoms with van der Waals surface area (Å²) in [5, 5.41) is 2.71. The van der Waals surface area contributed by atoms with Crippen LogP contribution in [0.2, 0.25) is 0 Å². The maximum atomic E-state index is 11.4. The van der Waals surface area contributed by atoms with Crippen molar-refractivity contribution < 1.29 is 9.53 Å². The fourth-order valence-electron chi connectivity index (χ4n) is 1.09. The number of alkyl carbamates (subject to hydrolysis) is 1. The van der Waals surface area contributed by atoms with Gasteiger partial charge in [-0.3, -0.25) is 0 Å². The molecule has 0 rings (SSSR count). The zero-order chi connectivity index (χ0) is 12.1. The average molecular weight is 214 g/mol. The van der Waals surface area contributed by atoms with E-state index in [2.05, 4.69) is 11.9 Å². The van der Waals surface area contributed by atoms with Crippen molar-refractivity contribution in [3.8, 4) is 0 Å². The molecular formula is C11H22N2O2. The highest BCUT2D eigenvalue weighted by Gasteiger charge is 2.18. The average Bonchev–Trinajstić information content (AvgIpc) is 1.98. The third kappa shape index (κ3) is 8.00. The second-order valence-corrected chi connectivity index (χ2v) is 4.74. The maximum Gasteiger partial charge on any atom is 0.407 e. The molecule has 1 atom stereocenters. The molecular weight excluding hydrogens is 192 g/mol. The molecule has 0 aliphatic heterocycles. The highest BCUT2D eigenvalue weighted by molar-refractivity contribution is 5.68. The topological polar surface area (TPSA) is 64.3 Å². The van der Waals surface area contributed by atoms with Gasteiger partial charge in [0.05, 0.1) is 0 Å². The van der Waals surface area contributed by atoms with Gasteiger partial charge < -0.3 is 15.8 Å². The zero-order valence-electron chi connectivity index (χ0n) is 10.1. The fourth-order valence-corrected chi connectivity index (χ4v) is 1.09. The van der Waals surface area contributed by atoms with Gasteiger partial charge >= 0.3 is 6.09 Å². The van der Waals surface area contributed by atoms with Crippen LogP contribution in [0.1, 0.15) is 34.1 Å². The molecule has 15 heavy (non-hydrogen) atoms. The molecule has 4 nitrogen and oxygen atoms in total. The molecule has 0 aromatic rings. The Morgan fingerprint density at radius 1 is 1.53 bits per heavy atom. The van der Waals surface area contributed by atoms with E-state index in [0.717, 1.165) is 5.57 Å². The summed E-state index contributed by atoms with van der Waals surface area (Å²) in [6, 6.07) is -0.0997.